The van der Waals surface area contributed by atoms with E-state index in [2.05, 4.69) is 14.7 Å². The van der Waals surface area contributed by atoms with E-state index < -0.39 is 20.9 Å². The molecule has 3 N–H and O–H groups in total. The molecule has 2 rings (SSSR count). The molecule has 0 aromatic carbocycles. The van der Waals surface area contributed by atoms with Crippen molar-refractivity contribution in [1.82, 2.24) is 14.7 Å². The fourth-order valence-corrected chi connectivity index (χ4v) is 3.93. The quantitative estimate of drug-likeness (QED) is 0.724. The number of carbonyl (C=O) groups is 1. The third kappa shape index (κ3) is 3.54. The smallest absolute Gasteiger partial charge is 0.335 e. The normalized spacial score (nSPS) is 11.5. The molecule has 2 heterocycles. The van der Waals surface area contributed by atoms with Gasteiger partial charge < -0.3 is 10.1 Å². The van der Waals surface area contributed by atoms with Gasteiger partial charge in [0, 0.05) is 11.9 Å². The van der Waals surface area contributed by atoms with E-state index in [9.17, 15) is 18.0 Å². The molecule has 0 bridgehead atoms. The number of aromatic carboxylic acids is 1. The van der Waals surface area contributed by atoms with Gasteiger partial charge in [0.05, 0.1) is 17.8 Å². The minimum atomic E-state index is -3.85. The largest absolute Gasteiger partial charge is 0.478 e. The van der Waals surface area contributed by atoms with Crippen molar-refractivity contribution in [1.29, 1.82) is 0 Å². The highest BCUT2D eigenvalue weighted by Gasteiger charge is 2.20. The number of rotatable bonds is 5. The summed E-state index contributed by atoms with van der Waals surface area (Å²) in [6.07, 6.45) is 1.28. The second-order valence-electron chi connectivity index (χ2n) is 4.09. The Hall–Kier alpha value is -2.04. The van der Waals surface area contributed by atoms with E-state index >= 15 is 0 Å². The van der Waals surface area contributed by atoms with Crippen LogP contribution in [0.1, 0.15) is 21.7 Å². The van der Waals surface area contributed by atoms with Gasteiger partial charge in [0.1, 0.15) is 0 Å². The number of sulfonamides is 1. The van der Waals surface area contributed by atoms with E-state index in [1.807, 2.05) is 0 Å². The Balaban J connectivity index is 2.19. The van der Waals surface area contributed by atoms with Crippen LogP contribution in [0.4, 0.5) is 0 Å². The van der Waals surface area contributed by atoms with Gasteiger partial charge in [-0.1, -0.05) is 11.3 Å². The van der Waals surface area contributed by atoms with E-state index in [-0.39, 0.29) is 27.7 Å². The third-order valence-corrected chi connectivity index (χ3v) is 5.54. The average molecular weight is 329 g/mol. The van der Waals surface area contributed by atoms with Crippen molar-refractivity contribution in [2.45, 2.75) is 17.7 Å². The number of aromatic amines is 1. The number of nitrogens with one attached hydrogen (secondary N) is 2. The first kappa shape index (κ1) is 15.4. The number of pyridine rings is 1. The number of carboxylic acid groups (broad SMARTS) is 1. The number of hydrogen-bond acceptors (Lipinski definition) is 6. The summed E-state index contributed by atoms with van der Waals surface area (Å²) in [7, 11) is -3.85. The molecule has 0 aliphatic heterocycles. The van der Waals surface area contributed by atoms with Crippen molar-refractivity contribution in [2.75, 3.05) is 0 Å². The SMILES string of the molecule is Cc1[nH]c(=O)sc1S(=O)(=O)NCc1cc(C(=O)O)ccn1. The fourth-order valence-electron chi connectivity index (χ4n) is 1.59. The maximum absolute atomic E-state index is 12.1. The molecule has 2 aromatic heterocycles. The summed E-state index contributed by atoms with van der Waals surface area (Å²) in [4.78, 5) is 27.8. The van der Waals surface area contributed by atoms with Crippen LogP contribution in [0.25, 0.3) is 0 Å². The fraction of sp³-hybridized carbons (Fsp3) is 0.182. The molecule has 21 heavy (non-hydrogen) atoms. The van der Waals surface area contributed by atoms with Gasteiger partial charge in [-0.25, -0.2) is 17.9 Å². The highest BCUT2D eigenvalue weighted by Crippen LogP contribution is 2.15. The van der Waals surface area contributed by atoms with Crippen molar-refractivity contribution >= 4 is 27.3 Å². The molecule has 10 heteroatoms. The summed E-state index contributed by atoms with van der Waals surface area (Å²) in [5.74, 6) is -1.12. The number of H-pyrrole nitrogens is 1. The maximum atomic E-state index is 12.1. The monoisotopic (exact) mass is 329 g/mol. The summed E-state index contributed by atoms with van der Waals surface area (Å²) >= 11 is 0.588. The Bertz CT molecular complexity index is 838. The molecule has 0 aliphatic carbocycles. The van der Waals surface area contributed by atoms with Gasteiger partial charge in [-0.3, -0.25) is 9.78 Å². The van der Waals surface area contributed by atoms with Gasteiger partial charge in [0.2, 0.25) is 0 Å². The highest BCUT2D eigenvalue weighted by atomic mass is 32.2. The van der Waals surface area contributed by atoms with Crippen molar-refractivity contribution in [3.63, 3.8) is 0 Å². The lowest BCUT2D eigenvalue weighted by molar-refractivity contribution is 0.0696. The topological polar surface area (TPSA) is 129 Å². The number of nitrogens with zero attached hydrogens (tertiary/aromatic N) is 1. The van der Waals surface area contributed by atoms with Gasteiger partial charge in [-0.15, -0.1) is 0 Å². The van der Waals surface area contributed by atoms with Crippen molar-refractivity contribution in [3.05, 3.63) is 44.9 Å². The predicted molar refractivity (Wildman–Crippen MR) is 74.9 cm³/mol. The highest BCUT2D eigenvalue weighted by molar-refractivity contribution is 7.91. The zero-order chi connectivity index (χ0) is 15.6. The molecule has 0 aliphatic rings. The summed E-state index contributed by atoms with van der Waals surface area (Å²) in [6, 6.07) is 2.58. The minimum Gasteiger partial charge on any atom is -0.478 e. The van der Waals surface area contributed by atoms with Crippen LogP contribution in [0.3, 0.4) is 0 Å². The molecule has 0 spiro atoms. The number of aromatic nitrogens is 2. The maximum Gasteiger partial charge on any atom is 0.335 e. The molecule has 0 atom stereocenters. The van der Waals surface area contributed by atoms with E-state index in [0.29, 0.717) is 11.3 Å². The lowest BCUT2D eigenvalue weighted by Gasteiger charge is -2.05. The third-order valence-electron chi connectivity index (χ3n) is 2.53. The van der Waals surface area contributed by atoms with Gasteiger partial charge in [-0.2, -0.15) is 0 Å². The van der Waals surface area contributed by atoms with Crippen molar-refractivity contribution in [2.24, 2.45) is 0 Å². The second kappa shape index (κ2) is 5.76. The van der Waals surface area contributed by atoms with Crippen LogP contribution in [0.5, 0.6) is 0 Å². The summed E-state index contributed by atoms with van der Waals surface area (Å²) in [5, 5.41) is 8.85. The van der Waals surface area contributed by atoms with Crippen LogP contribution < -0.4 is 9.60 Å². The number of thiazole rings is 1. The summed E-state index contributed by atoms with van der Waals surface area (Å²) in [5.41, 5.74) is 0.533. The Labute approximate surface area is 123 Å². The van der Waals surface area contributed by atoms with E-state index in [1.165, 1.54) is 25.3 Å². The van der Waals surface area contributed by atoms with Crippen LogP contribution in [0, 0.1) is 6.92 Å². The average Bonchev–Trinajstić information content (AvgIpc) is 2.77. The standard InChI is InChI=1S/C11H11N3O5S2/c1-6-10(20-11(17)14-6)21(18,19)13-5-8-4-7(9(15)16)2-3-12-8/h2-4,13H,5H2,1H3,(H,14,17)(H,15,16). The molecule has 2 aromatic rings. The lowest BCUT2D eigenvalue weighted by Crippen LogP contribution is -2.23. The van der Waals surface area contributed by atoms with Gasteiger partial charge in [0.15, 0.2) is 4.21 Å². The molecular formula is C11H11N3O5S2. The zero-order valence-corrected chi connectivity index (χ0v) is 12.4. The molecule has 0 saturated heterocycles. The van der Waals surface area contributed by atoms with Crippen LogP contribution in [0.2, 0.25) is 0 Å². The first-order valence-corrected chi connectivity index (χ1v) is 7.97. The molecule has 0 amide bonds. The lowest BCUT2D eigenvalue weighted by atomic mass is 10.2. The molecule has 0 radical (unpaired) electrons. The van der Waals surface area contributed by atoms with Crippen LogP contribution in [0.15, 0.2) is 27.3 Å². The summed E-state index contributed by atoms with van der Waals surface area (Å²) < 4.78 is 26.3. The molecule has 0 unspecified atom stereocenters. The van der Waals surface area contributed by atoms with Crippen molar-refractivity contribution in [3.8, 4) is 0 Å². The number of hydrogen-bond donors (Lipinski definition) is 3. The number of aryl methyl sites for hydroxylation is 1. The molecular weight excluding hydrogens is 318 g/mol. The van der Waals surface area contributed by atoms with E-state index in [1.54, 1.807) is 0 Å². The Morgan fingerprint density at radius 1 is 1.52 bits per heavy atom. The Kier molecular flexibility index (Phi) is 4.21. The Morgan fingerprint density at radius 3 is 2.81 bits per heavy atom. The molecule has 0 saturated carbocycles. The molecule has 112 valence electrons. The minimum absolute atomic E-state index is 0.0154. The Morgan fingerprint density at radius 2 is 2.24 bits per heavy atom. The van der Waals surface area contributed by atoms with E-state index in [0.717, 1.165) is 0 Å². The van der Waals surface area contributed by atoms with Gasteiger partial charge in [-0.05, 0) is 19.1 Å². The van der Waals surface area contributed by atoms with E-state index in [4.69, 9.17) is 5.11 Å². The van der Waals surface area contributed by atoms with Crippen LogP contribution >= 0.6 is 11.3 Å². The molecule has 0 fully saturated rings. The number of carboxylic acids is 1. The van der Waals surface area contributed by atoms with Crippen molar-refractivity contribution < 1.29 is 18.3 Å². The molecule has 8 nitrogen and oxygen atoms in total. The first-order valence-electron chi connectivity index (χ1n) is 5.67. The second-order valence-corrected chi connectivity index (χ2v) is 7.04. The van der Waals surface area contributed by atoms with Gasteiger partial charge >= 0.3 is 10.8 Å². The zero-order valence-electron chi connectivity index (χ0n) is 10.8. The predicted octanol–water partition coefficient (Wildman–Crippen LogP) is 0.317. The van der Waals surface area contributed by atoms with Crippen LogP contribution in [-0.2, 0) is 16.6 Å². The van der Waals surface area contributed by atoms with Gasteiger partial charge in [0.25, 0.3) is 10.0 Å². The first-order chi connectivity index (χ1) is 9.79. The summed E-state index contributed by atoms with van der Waals surface area (Å²) in [6.45, 7) is 1.31. The van der Waals surface area contributed by atoms with Crippen LogP contribution in [-0.4, -0.2) is 29.5 Å².